The van der Waals surface area contributed by atoms with Crippen molar-refractivity contribution in [2.45, 2.75) is 32.1 Å². The van der Waals surface area contributed by atoms with Crippen LogP contribution in [0.25, 0.3) is 0 Å². The summed E-state index contributed by atoms with van der Waals surface area (Å²) < 4.78 is 10.7. The number of nitrogens with zero attached hydrogens (tertiary/aromatic N) is 2. The predicted octanol–water partition coefficient (Wildman–Crippen LogP) is 2.82. The van der Waals surface area contributed by atoms with E-state index in [0.717, 1.165) is 31.0 Å². The van der Waals surface area contributed by atoms with Gasteiger partial charge in [-0.1, -0.05) is 0 Å². The standard InChI is InChI=1S/C17H21N3O3/c1-2-22-7-4-6-18-17-19-11-13-14(20-17)9-12(10-15(13)21)16-5-3-8-23-16/h3,5,8,11-12H,2,4,6-7,9-10H2,1H3,(H,18,19,20). The third-order valence-corrected chi connectivity index (χ3v) is 3.94. The van der Waals surface area contributed by atoms with E-state index in [1.54, 1.807) is 12.5 Å². The molecule has 2 aromatic rings. The Labute approximate surface area is 135 Å². The first-order chi connectivity index (χ1) is 11.3. The minimum Gasteiger partial charge on any atom is -0.469 e. The van der Waals surface area contributed by atoms with Crippen molar-refractivity contribution in [1.29, 1.82) is 0 Å². The lowest BCUT2D eigenvalue weighted by atomic mass is 9.85. The molecule has 2 aromatic heterocycles. The van der Waals surface area contributed by atoms with Crippen LogP contribution in [0.4, 0.5) is 5.95 Å². The zero-order valence-corrected chi connectivity index (χ0v) is 13.2. The molecule has 0 radical (unpaired) electrons. The van der Waals surface area contributed by atoms with Gasteiger partial charge in [0.05, 0.1) is 17.5 Å². The summed E-state index contributed by atoms with van der Waals surface area (Å²) in [6.45, 7) is 4.17. The Bertz CT molecular complexity index is 655. The Hall–Kier alpha value is -2.21. The topological polar surface area (TPSA) is 77.2 Å². The number of Topliss-reactive ketones (excluding diaryl/α,β-unsaturated/α-hetero) is 1. The molecule has 3 rings (SSSR count). The molecule has 6 nitrogen and oxygen atoms in total. The van der Waals surface area contributed by atoms with Gasteiger partial charge in [-0.25, -0.2) is 9.97 Å². The molecule has 1 N–H and O–H groups in total. The highest BCUT2D eigenvalue weighted by atomic mass is 16.5. The number of hydrogen-bond donors (Lipinski definition) is 1. The Morgan fingerprint density at radius 1 is 1.43 bits per heavy atom. The van der Waals surface area contributed by atoms with E-state index in [-0.39, 0.29) is 11.7 Å². The molecule has 0 amide bonds. The Morgan fingerprint density at radius 3 is 3.13 bits per heavy atom. The first kappa shape index (κ1) is 15.7. The van der Waals surface area contributed by atoms with Crippen LogP contribution in [0.5, 0.6) is 0 Å². The molecule has 0 aliphatic heterocycles. The summed E-state index contributed by atoms with van der Waals surface area (Å²) in [5.41, 5.74) is 1.43. The highest BCUT2D eigenvalue weighted by Gasteiger charge is 2.29. The SMILES string of the molecule is CCOCCCNc1ncc2c(n1)CC(c1ccco1)CC2=O. The van der Waals surface area contributed by atoms with Crippen LogP contribution in [0.3, 0.4) is 0 Å². The maximum absolute atomic E-state index is 12.3. The zero-order chi connectivity index (χ0) is 16.1. The van der Waals surface area contributed by atoms with Gasteiger partial charge in [0.1, 0.15) is 5.76 Å². The number of anilines is 1. The minimum atomic E-state index is 0.0608. The number of rotatable bonds is 7. The number of hydrogen-bond acceptors (Lipinski definition) is 6. The lowest BCUT2D eigenvalue weighted by Crippen LogP contribution is -2.21. The Kier molecular flexibility index (Phi) is 5.02. The summed E-state index contributed by atoms with van der Waals surface area (Å²) in [5.74, 6) is 1.54. The van der Waals surface area contributed by atoms with Crippen molar-refractivity contribution in [3.05, 3.63) is 41.6 Å². The number of nitrogens with one attached hydrogen (secondary N) is 1. The second-order valence-electron chi connectivity index (χ2n) is 5.57. The van der Waals surface area contributed by atoms with Crippen molar-refractivity contribution in [3.63, 3.8) is 0 Å². The predicted molar refractivity (Wildman–Crippen MR) is 85.7 cm³/mol. The number of carbonyl (C=O) groups excluding carboxylic acids is 1. The molecule has 1 aliphatic rings. The molecular formula is C17H21N3O3. The number of fused-ring (bicyclic) bond motifs is 1. The lowest BCUT2D eigenvalue weighted by Gasteiger charge is -2.21. The van der Waals surface area contributed by atoms with E-state index in [9.17, 15) is 4.79 Å². The average molecular weight is 315 g/mol. The minimum absolute atomic E-state index is 0.0608. The van der Waals surface area contributed by atoms with Crippen LogP contribution in [0.15, 0.2) is 29.0 Å². The van der Waals surface area contributed by atoms with Gasteiger partial charge in [-0.2, -0.15) is 0 Å². The Balaban J connectivity index is 1.66. The van der Waals surface area contributed by atoms with Crippen molar-refractivity contribution in [2.24, 2.45) is 0 Å². The monoisotopic (exact) mass is 315 g/mol. The second kappa shape index (κ2) is 7.37. The van der Waals surface area contributed by atoms with Crippen LogP contribution in [0.2, 0.25) is 0 Å². The smallest absolute Gasteiger partial charge is 0.222 e. The van der Waals surface area contributed by atoms with Crippen molar-refractivity contribution in [1.82, 2.24) is 9.97 Å². The summed E-state index contributed by atoms with van der Waals surface area (Å²) >= 11 is 0. The van der Waals surface area contributed by atoms with Gasteiger partial charge in [-0.15, -0.1) is 0 Å². The van der Waals surface area contributed by atoms with Crippen molar-refractivity contribution in [2.75, 3.05) is 25.1 Å². The molecule has 6 heteroatoms. The molecule has 1 unspecified atom stereocenters. The van der Waals surface area contributed by atoms with Crippen LogP contribution < -0.4 is 5.32 Å². The van der Waals surface area contributed by atoms with Crippen LogP contribution in [-0.2, 0) is 11.2 Å². The first-order valence-corrected chi connectivity index (χ1v) is 8.02. The van der Waals surface area contributed by atoms with Gasteiger partial charge in [0.25, 0.3) is 0 Å². The van der Waals surface area contributed by atoms with Gasteiger partial charge in [-0.3, -0.25) is 4.79 Å². The fourth-order valence-electron chi connectivity index (χ4n) is 2.77. The van der Waals surface area contributed by atoms with E-state index in [4.69, 9.17) is 9.15 Å². The highest BCUT2D eigenvalue weighted by molar-refractivity contribution is 5.98. The van der Waals surface area contributed by atoms with Crippen molar-refractivity contribution in [3.8, 4) is 0 Å². The molecule has 1 atom stereocenters. The average Bonchev–Trinajstić information content (AvgIpc) is 3.09. The van der Waals surface area contributed by atoms with Gasteiger partial charge in [0.15, 0.2) is 5.78 Å². The molecule has 0 bridgehead atoms. The fraction of sp³-hybridized carbons (Fsp3) is 0.471. The third-order valence-electron chi connectivity index (χ3n) is 3.94. The van der Waals surface area contributed by atoms with Gasteiger partial charge in [-0.05, 0) is 25.5 Å². The molecule has 23 heavy (non-hydrogen) atoms. The summed E-state index contributed by atoms with van der Waals surface area (Å²) in [7, 11) is 0. The van der Waals surface area contributed by atoms with Gasteiger partial charge in [0.2, 0.25) is 5.95 Å². The normalized spacial score (nSPS) is 17.1. The zero-order valence-electron chi connectivity index (χ0n) is 13.2. The molecular weight excluding hydrogens is 294 g/mol. The summed E-state index contributed by atoms with van der Waals surface area (Å²) in [6.07, 6.45) is 5.31. The number of carbonyl (C=O) groups is 1. The molecule has 0 fully saturated rings. The second-order valence-corrected chi connectivity index (χ2v) is 5.57. The van der Waals surface area contributed by atoms with Crippen molar-refractivity contribution >= 4 is 11.7 Å². The molecule has 2 heterocycles. The summed E-state index contributed by atoms with van der Waals surface area (Å²) in [5, 5.41) is 3.18. The van der Waals surface area contributed by atoms with E-state index in [0.29, 0.717) is 31.0 Å². The van der Waals surface area contributed by atoms with E-state index in [1.807, 2.05) is 19.1 Å². The van der Waals surface area contributed by atoms with Gasteiger partial charge < -0.3 is 14.5 Å². The largest absolute Gasteiger partial charge is 0.469 e. The van der Waals surface area contributed by atoms with E-state index < -0.39 is 0 Å². The van der Waals surface area contributed by atoms with Gasteiger partial charge >= 0.3 is 0 Å². The maximum atomic E-state index is 12.3. The van der Waals surface area contributed by atoms with E-state index in [1.165, 1.54) is 0 Å². The lowest BCUT2D eigenvalue weighted by molar-refractivity contribution is 0.0958. The Morgan fingerprint density at radius 2 is 2.35 bits per heavy atom. The molecule has 1 aliphatic carbocycles. The number of aromatic nitrogens is 2. The molecule has 0 aromatic carbocycles. The third kappa shape index (κ3) is 3.76. The first-order valence-electron chi connectivity index (χ1n) is 8.02. The number of furan rings is 1. The molecule has 0 spiro atoms. The number of ether oxygens (including phenoxy) is 1. The molecule has 0 saturated carbocycles. The van der Waals surface area contributed by atoms with Crippen LogP contribution in [0.1, 0.15) is 47.5 Å². The highest BCUT2D eigenvalue weighted by Crippen LogP contribution is 2.32. The molecule has 0 saturated heterocycles. The molecule has 122 valence electrons. The quantitative estimate of drug-likeness (QED) is 0.792. The summed E-state index contributed by atoms with van der Waals surface area (Å²) in [6, 6.07) is 3.76. The van der Waals surface area contributed by atoms with Gasteiger partial charge in [0, 0.05) is 44.7 Å². The van der Waals surface area contributed by atoms with E-state index in [2.05, 4.69) is 15.3 Å². The number of ketones is 1. The van der Waals surface area contributed by atoms with Crippen LogP contribution in [0, 0.1) is 0 Å². The maximum Gasteiger partial charge on any atom is 0.222 e. The van der Waals surface area contributed by atoms with Crippen LogP contribution in [-0.4, -0.2) is 35.5 Å². The van der Waals surface area contributed by atoms with Crippen LogP contribution >= 0.6 is 0 Å². The van der Waals surface area contributed by atoms with Crippen molar-refractivity contribution < 1.29 is 13.9 Å². The summed E-state index contributed by atoms with van der Waals surface area (Å²) in [4.78, 5) is 21.0. The van der Waals surface area contributed by atoms with E-state index >= 15 is 0 Å². The fourth-order valence-corrected chi connectivity index (χ4v) is 2.77.